The van der Waals surface area contributed by atoms with Gasteiger partial charge < -0.3 is 20.7 Å². The van der Waals surface area contributed by atoms with Crippen molar-refractivity contribution in [1.29, 1.82) is 0 Å². The molecule has 3 aromatic carbocycles. The van der Waals surface area contributed by atoms with Crippen LogP contribution in [0.2, 0.25) is 0 Å². The number of rotatable bonds is 13. The molecule has 4 aromatic rings. The molecule has 0 radical (unpaired) electrons. The molecule has 0 aliphatic carbocycles. The fourth-order valence-corrected chi connectivity index (χ4v) is 5.22. The van der Waals surface area contributed by atoms with E-state index in [0.717, 1.165) is 28.8 Å². The second-order valence-corrected chi connectivity index (χ2v) is 11.6. The van der Waals surface area contributed by atoms with Crippen molar-refractivity contribution in [2.24, 2.45) is 0 Å². The molecule has 238 valence electrons. The minimum atomic E-state index is -4.76. The molecule has 1 atom stereocenters. The molecule has 1 heterocycles. The van der Waals surface area contributed by atoms with E-state index in [-0.39, 0.29) is 11.7 Å². The molecule has 3 amide bonds. The number of hydrogen-bond acceptors (Lipinski definition) is 7. The molecule has 1 unspecified atom stereocenters. The number of benzene rings is 3. The first-order chi connectivity index (χ1) is 21.5. The predicted octanol–water partition coefficient (Wildman–Crippen LogP) is 7.03. The van der Waals surface area contributed by atoms with E-state index in [2.05, 4.69) is 44.6 Å². The topological polar surface area (TPSA) is 113 Å². The van der Waals surface area contributed by atoms with Crippen LogP contribution in [0, 0.1) is 6.92 Å². The average Bonchev–Trinajstić information content (AvgIpc) is 3.46. The molecule has 0 saturated carbocycles. The highest BCUT2D eigenvalue weighted by Crippen LogP contribution is 2.31. The number of alkyl halides is 3. The Hall–Kier alpha value is -4.72. The number of hydrogen-bond donors (Lipinski definition) is 3. The van der Waals surface area contributed by atoms with Gasteiger partial charge in [0.1, 0.15) is 12.1 Å². The van der Waals surface area contributed by atoms with Crippen LogP contribution in [0.3, 0.4) is 0 Å². The summed E-state index contributed by atoms with van der Waals surface area (Å²) >= 11 is 1.43. The van der Waals surface area contributed by atoms with Gasteiger partial charge in [0.2, 0.25) is 12.4 Å². The van der Waals surface area contributed by atoms with Crippen molar-refractivity contribution >= 4 is 41.5 Å². The molecule has 14 heteroatoms. The Kier molecular flexibility index (Phi) is 10.9. The molecular weight excluding hydrogens is 607 g/mol. The van der Waals surface area contributed by atoms with Gasteiger partial charge in [0, 0.05) is 12.2 Å². The van der Waals surface area contributed by atoms with E-state index in [0.29, 0.717) is 29.6 Å². The maximum Gasteiger partial charge on any atom is 0.573 e. The average molecular weight is 642 g/mol. The lowest BCUT2D eigenvalue weighted by Gasteiger charge is -2.31. The van der Waals surface area contributed by atoms with Gasteiger partial charge in [-0.15, -0.1) is 30.0 Å². The number of carbonyl (C=O) groups excluding carboxylic acids is 2. The van der Waals surface area contributed by atoms with Gasteiger partial charge in [0.05, 0.1) is 11.4 Å². The van der Waals surface area contributed by atoms with Gasteiger partial charge in [-0.3, -0.25) is 9.69 Å². The van der Waals surface area contributed by atoms with Crippen LogP contribution in [-0.2, 0) is 11.3 Å². The third-order valence-corrected chi connectivity index (χ3v) is 7.51. The summed E-state index contributed by atoms with van der Waals surface area (Å²) in [7, 11) is 0. The van der Waals surface area contributed by atoms with Crippen LogP contribution in [0.1, 0.15) is 43.4 Å². The molecule has 0 aliphatic rings. The number of ether oxygens (including phenoxy) is 1. The Bertz CT molecular complexity index is 1580. The number of thioether (sulfide) groups is 1. The number of aryl methyl sites for hydroxylation is 1. The second kappa shape index (κ2) is 14.8. The van der Waals surface area contributed by atoms with Crippen LogP contribution in [0.4, 0.5) is 35.3 Å². The number of anilines is 3. The molecule has 0 bridgehead atoms. The number of nitrogens with zero attached hydrogens (tertiary/aromatic N) is 4. The minimum absolute atomic E-state index is 0.186. The lowest BCUT2D eigenvalue weighted by Crippen LogP contribution is -2.47. The lowest BCUT2D eigenvalue weighted by atomic mass is 9.99. The lowest BCUT2D eigenvalue weighted by molar-refractivity contribution is -0.274. The van der Waals surface area contributed by atoms with E-state index in [4.69, 9.17) is 0 Å². The molecule has 0 saturated heterocycles. The normalized spacial score (nSPS) is 12.0. The first kappa shape index (κ1) is 33.2. The summed E-state index contributed by atoms with van der Waals surface area (Å²) in [5.41, 5.74) is 4.12. The third kappa shape index (κ3) is 9.38. The number of halogens is 3. The summed E-state index contributed by atoms with van der Waals surface area (Å²) in [6.45, 7) is 8.42. The summed E-state index contributed by atoms with van der Waals surface area (Å²) in [6.07, 6.45) is -2.58. The third-order valence-electron chi connectivity index (χ3n) is 6.52. The van der Waals surface area contributed by atoms with Crippen LogP contribution in [0.15, 0.2) is 73.1 Å². The van der Waals surface area contributed by atoms with Crippen molar-refractivity contribution in [3.63, 3.8) is 0 Å². The molecule has 0 spiro atoms. The maximum atomic E-state index is 13.0. The highest BCUT2D eigenvalue weighted by Gasteiger charge is 2.31. The van der Waals surface area contributed by atoms with Crippen molar-refractivity contribution in [3.05, 3.63) is 89.7 Å². The van der Waals surface area contributed by atoms with Crippen molar-refractivity contribution in [1.82, 2.24) is 20.1 Å². The first-order valence-corrected chi connectivity index (χ1v) is 15.1. The Labute approximate surface area is 263 Å². The van der Waals surface area contributed by atoms with Gasteiger partial charge in [0.15, 0.2) is 5.50 Å². The fourth-order valence-electron chi connectivity index (χ4n) is 4.39. The van der Waals surface area contributed by atoms with E-state index in [1.54, 1.807) is 17.0 Å². The monoisotopic (exact) mass is 641 g/mol. The van der Waals surface area contributed by atoms with Crippen molar-refractivity contribution < 1.29 is 27.5 Å². The predicted molar refractivity (Wildman–Crippen MR) is 170 cm³/mol. The number of aromatic nitrogens is 3. The molecule has 10 nitrogen and oxygen atoms in total. The Morgan fingerprint density at radius 2 is 1.80 bits per heavy atom. The molecule has 0 aliphatic heterocycles. The van der Waals surface area contributed by atoms with E-state index in [1.807, 2.05) is 44.2 Å². The van der Waals surface area contributed by atoms with E-state index < -0.39 is 17.9 Å². The Morgan fingerprint density at radius 1 is 1.09 bits per heavy atom. The zero-order chi connectivity index (χ0) is 32.6. The fraction of sp³-hybridized carbons (Fsp3) is 0.290. The molecule has 3 N–H and O–H groups in total. The Balaban J connectivity index is 1.33. The van der Waals surface area contributed by atoms with Crippen molar-refractivity contribution in [2.45, 2.75) is 52.0 Å². The number of nitrogens with one attached hydrogen (secondary N) is 3. The molecule has 45 heavy (non-hydrogen) atoms. The van der Waals surface area contributed by atoms with Crippen LogP contribution >= 0.6 is 11.8 Å². The summed E-state index contributed by atoms with van der Waals surface area (Å²) < 4.78 is 42.5. The van der Waals surface area contributed by atoms with Crippen LogP contribution < -0.4 is 25.6 Å². The zero-order valence-electron chi connectivity index (χ0n) is 25.1. The van der Waals surface area contributed by atoms with E-state index in [1.165, 1.54) is 47.0 Å². The highest BCUT2D eigenvalue weighted by atomic mass is 32.2. The second-order valence-electron chi connectivity index (χ2n) is 10.2. The van der Waals surface area contributed by atoms with Gasteiger partial charge >= 0.3 is 12.4 Å². The van der Waals surface area contributed by atoms with E-state index in [9.17, 15) is 22.8 Å². The number of amides is 3. The van der Waals surface area contributed by atoms with E-state index >= 15 is 0 Å². The smallest absolute Gasteiger partial charge is 0.406 e. The van der Waals surface area contributed by atoms with Gasteiger partial charge in [-0.1, -0.05) is 45.0 Å². The Morgan fingerprint density at radius 3 is 2.42 bits per heavy atom. The minimum Gasteiger partial charge on any atom is -0.406 e. The first-order valence-electron chi connectivity index (χ1n) is 14.1. The largest absolute Gasteiger partial charge is 0.573 e. The standard InChI is InChI=1S/C31H34F3N7O3S/c1-5-45-30(40(19-42)27-16-21(4)6-15-26(27)20(2)3)38-29(43)37-23-9-7-22(8-10-23)17-35-28-36-18-41(39-28)24-11-13-25(14-12-24)44-31(32,33)34/h6-16,18-20,30H,5,17H2,1-4H3,(H,35,39)(H2,37,38,43). The molecule has 1 aromatic heterocycles. The number of carbonyl (C=O) groups is 2. The van der Waals surface area contributed by atoms with Gasteiger partial charge in [0.25, 0.3) is 0 Å². The SMILES string of the molecule is CCSC(NC(=O)Nc1ccc(CNc2ncn(-c3ccc(OC(F)(F)F)cc3)n2)cc1)N(C=O)c1cc(C)ccc1C(C)C. The van der Waals surface area contributed by atoms with Crippen LogP contribution in [0.5, 0.6) is 5.75 Å². The summed E-state index contributed by atoms with van der Waals surface area (Å²) in [6, 6.07) is 18.0. The summed E-state index contributed by atoms with van der Waals surface area (Å²) in [5.74, 6) is 0.854. The summed E-state index contributed by atoms with van der Waals surface area (Å²) in [5, 5.41) is 13.1. The van der Waals surface area contributed by atoms with Crippen LogP contribution in [0.25, 0.3) is 5.69 Å². The molecule has 0 fully saturated rings. The van der Waals surface area contributed by atoms with Gasteiger partial charge in [-0.2, -0.15) is 0 Å². The summed E-state index contributed by atoms with van der Waals surface area (Å²) in [4.78, 5) is 31.0. The quantitative estimate of drug-likeness (QED) is 0.106. The number of urea groups is 1. The molecule has 4 rings (SSSR count). The van der Waals surface area contributed by atoms with Crippen molar-refractivity contribution in [3.8, 4) is 11.4 Å². The van der Waals surface area contributed by atoms with Gasteiger partial charge in [-0.05, 0) is 77.7 Å². The van der Waals surface area contributed by atoms with Gasteiger partial charge in [-0.25, -0.2) is 14.5 Å². The highest BCUT2D eigenvalue weighted by molar-refractivity contribution is 7.99. The van der Waals surface area contributed by atoms with Crippen molar-refractivity contribution in [2.75, 3.05) is 21.3 Å². The van der Waals surface area contributed by atoms with Crippen LogP contribution in [-0.4, -0.2) is 44.8 Å². The molecular formula is C31H34F3N7O3S. The maximum absolute atomic E-state index is 13.0. The zero-order valence-corrected chi connectivity index (χ0v) is 25.9.